The molecule has 0 saturated carbocycles. The van der Waals surface area contributed by atoms with E-state index >= 15 is 0 Å². The average Bonchev–Trinajstić information content (AvgIpc) is 2.66. The summed E-state index contributed by atoms with van der Waals surface area (Å²) in [7, 11) is 1.98. The van der Waals surface area contributed by atoms with E-state index in [1.807, 2.05) is 19.2 Å². The summed E-state index contributed by atoms with van der Waals surface area (Å²) < 4.78 is 5.60. The number of nitrogens with one attached hydrogen (secondary N) is 2. The van der Waals surface area contributed by atoms with Gasteiger partial charge >= 0.3 is 0 Å². The van der Waals surface area contributed by atoms with Crippen molar-refractivity contribution in [1.82, 2.24) is 10.6 Å². The van der Waals surface area contributed by atoms with E-state index in [0.29, 0.717) is 30.4 Å². The number of amides is 1. The lowest BCUT2D eigenvalue weighted by atomic mass is 9.88. The SMILES string of the molecule is CCC(CC)C(NC)c1ccc2c(c1)C(=O)NCCO2. The lowest BCUT2D eigenvalue weighted by Gasteiger charge is -2.26. The van der Waals surface area contributed by atoms with Gasteiger partial charge in [0.2, 0.25) is 0 Å². The predicted molar refractivity (Wildman–Crippen MR) is 80.1 cm³/mol. The van der Waals surface area contributed by atoms with E-state index in [4.69, 9.17) is 4.74 Å². The van der Waals surface area contributed by atoms with Crippen LogP contribution >= 0.6 is 0 Å². The van der Waals surface area contributed by atoms with Crippen molar-refractivity contribution in [2.45, 2.75) is 32.7 Å². The van der Waals surface area contributed by atoms with Crippen molar-refractivity contribution < 1.29 is 9.53 Å². The molecule has 0 saturated heterocycles. The normalized spacial score (nSPS) is 16.1. The number of hydrogen-bond donors (Lipinski definition) is 2. The van der Waals surface area contributed by atoms with Crippen LogP contribution in [0.5, 0.6) is 5.75 Å². The van der Waals surface area contributed by atoms with Crippen LogP contribution < -0.4 is 15.4 Å². The van der Waals surface area contributed by atoms with Crippen molar-refractivity contribution in [3.8, 4) is 5.75 Å². The van der Waals surface area contributed by atoms with E-state index in [1.54, 1.807) is 0 Å². The van der Waals surface area contributed by atoms with Gasteiger partial charge in [0.05, 0.1) is 12.1 Å². The third-order valence-corrected chi connectivity index (χ3v) is 4.08. The zero-order valence-corrected chi connectivity index (χ0v) is 12.5. The fraction of sp³-hybridized carbons (Fsp3) is 0.562. The quantitative estimate of drug-likeness (QED) is 0.869. The van der Waals surface area contributed by atoms with Gasteiger partial charge in [0.15, 0.2) is 0 Å². The van der Waals surface area contributed by atoms with E-state index in [0.717, 1.165) is 18.4 Å². The standard InChI is InChI=1S/C16H24N2O2/c1-4-11(5-2)15(17-3)12-6-7-14-13(10-12)16(19)18-8-9-20-14/h6-7,10-11,15,17H,4-5,8-9H2,1-3H3,(H,18,19). The molecule has 1 unspecified atom stereocenters. The predicted octanol–water partition coefficient (Wildman–Crippen LogP) is 2.51. The van der Waals surface area contributed by atoms with E-state index < -0.39 is 0 Å². The lowest BCUT2D eigenvalue weighted by Crippen LogP contribution is -2.26. The first kappa shape index (κ1) is 14.9. The van der Waals surface area contributed by atoms with Crippen LogP contribution in [0.3, 0.4) is 0 Å². The molecule has 4 nitrogen and oxygen atoms in total. The lowest BCUT2D eigenvalue weighted by molar-refractivity contribution is 0.0957. The highest BCUT2D eigenvalue weighted by Gasteiger charge is 2.22. The molecule has 1 aliphatic rings. The second-order valence-electron chi connectivity index (χ2n) is 5.20. The molecule has 1 atom stereocenters. The monoisotopic (exact) mass is 276 g/mol. The van der Waals surface area contributed by atoms with Gasteiger partial charge in [-0.25, -0.2) is 0 Å². The number of carbonyl (C=O) groups is 1. The Morgan fingerprint density at radius 1 is 1.35 bits per heavy atom. The molecule has 1 heterocycles. The first-order chi connectivity index (χ1) is 9.71. The minimum Gasteiger partial charge on any atom is -0.491 e. The number of hydrogen-bond acceptors (Lipinski definition) is 3. The molecule has 4 heteroatoms. The van der Waals surface area contributed by atoms with Crippen LogP contribution in [-0.4, -0.2) is 26.1 Å². The molecule has 1 amide bonds. The van der Waals surface area contributed by atoms with Gasteiger partial charge < -0.3 is 15.4 Å². The van der Waals surface area contributed by atoms with Crippen molar-refractivity contribution >= 4 is 5.91 Å². The third kappa shape index (κ3) is 2.96. The van der Waals surface area contributed by atoms with Crippen LogP contribution in [0.2, 0.25) is 0 Å². The summed E-state index contributed by atoms with van der Waals surface area (Å²) in [6, 6.07) is 6.22. The Morgan fingerprint density at radius 2 is 2.10 bits per heavy atom. The Bertz CT molecular complexity index is 470. The maximum absolute atomic E-state index is 12.1. The minimum absolute atomic E-state index is 0.0428. The van der Waals surface area contributed by atoms with Crippen LogP contribution in [0.1, 0.15) is 48.7 Å². The molecule has 1 aromatic carbocycles. The van der Waals surface area contributed by atoms with Gasteiger partial charge in [0.25, 0.3) is 5.91 Å². The topological polar surface area (TPSA) is 50.4 Å². The summed E-state index contributed by atoms with van der Waals surface area (Å²) in [6.07, 6.45) is 2.23. The second-order valence-corrected chi connectivity index (χ2v) is 5.20. The summed E-state index contributed by atoms with van der Waals surface area (Å²) in [5.74, 6) is 1.20. The number of rotatable bonds is 5. The van der Waals surface area contributed by atoms with Crippen molar-refractivity contribution in [3.05, 3.63) is 29.3 Å². The summed E-state index contributed by atoms with van der Waals surface area (Å²) in [5.41, 5.74) is 1.80. The molecule has 2 rings (SSSR count). The zero-order valence-electron chi connectivity index (χ0n) is 12.5. The minimum atomic E-state index is -0.0428. The molecule has 0 radical (unpaired) electrons. The number of ether oxygens (including phenoxy) is 1. The largest absolute Gasteiger partial charge is 0.491 e. The van der Waals surface area contributed by atoms with Crippen LogP contribution in [-0.2, 0) is 0 Å². The molecule has 0 aromatic heterocycles. The van der Waals surface area contributed by atoms with Gasteiger partial charge in [-0.2, -0.15) is 0 Å². The third-order valence-electron chi connectivity index (χ3n) is 4.08. The van der Waals surface area contributed by atoms with Crippen LogP contribution in [0.15, 0.2) is 18.2 Å². The highest BCUT2D eigenvalue weighted by molar-refractivity contribution is 5.97. The fourth-order valence-electron chi connectivity index (χ4n) is 2.90. The Balaban J connectivity index is 2.35. The molecule has 0 spiro atoms. The van der Waals surface area contributed by atoms with Gasteiger partial charge in [0.1, 0.15) is 12.4 Å². The van der Waals surface area contributed by atoms with Crippen LogP contribution in [0, 0.1) is 5.92 Å². The van der Waals surface area contributed by atoms with Crippen LogP contribution in [0.4, 0.5) is 0 Å². The zero-order chi connectivity index (χ0) is 14.5. The van der Waals surface area contributed by atoms with Gasteiger partial charge in [0, 0.05) is 6.04 Å². The maximum atomic E-state index is 12.1. The summed E-state index contributed by atoms with van der Waals surface area (Å²) in [6.45, 7) is 5.50. The van der Waals surface area contributed by atoms with E-state index in [-0.39, 0.29) is 11.9 Å². The van der Waals surface area contributed by atoms with Crippen molar-refractivity contribution in [3.63, 3.8) is 0 Å². The van der Waals surface area contributed by atoms with Crippen molar-refractivity contribution in [1.29, 1.82) is 0 Å². The smallest absolute Gasteiger partial charge is 0.255 e. The number of fused-ring (bicyclic) bond motifs is 1. The maximum Gasteiger partial charge on any atom is 0.255 e. The van der Waals surface area contributed by atoms with Gasteiger partial charge in [-0.1, -0.05) is 32.8 Å². The fourth-order valence-corrected chi connectivity index (χ4v) is 2.90. The molecular weight excluding hydrogens is 252 g/mol. The van der Waals surface area contributed by atoms with E-state index in [9.17, 15) is 4.79 Å². The molecule has 1 aliphatic heterocycles. The van der Waals surface area contributed by atoms with Crippen molar-refractivity contribution in [2.75, 3.05) is 20.2 Å². The molecule has 1 aromatic rings. The first-order valence-electron chi connectivity index (χ1n) is 7.43. The number of carbonyl (C=O) groups excluding carboxylic acids is 1. The second kappa shape index (κ2) is 6.75. The molecule has 0 aliphatic carbocycles. The number of benzene rings is 1. The first-order valence-corrected chi connectivity index (χ1v) is 7.43. The molecular formula is C16H24N2O2. The Labute approximate surface area is 120 Å². The van der Waals surface area contributed by atoms with Crippen molar-refractivity contribution in [2.24, 2.45) is 5.92 Å². The Morgan fingerprint density at radius 3 is 2.75 bits per heavy atom. The summed E-state index contributed by atoms with van der Waals surface area (Å²) in [5, 5.41) is 6.24. The van der Waals surface area contributed by atoms with Gasteiger partial charge in [-0.15, -0.1) is 0 Å². The highest BCUT2D eigenvalue weighted by atomic mass is 16.5. The average molecular weight is 276 g/mol. The van der Waals surface area contributed by atoms with Gasteiger partial charge in [-0.3, -0.25) is 4.79 Å². The van der Waals surface area contributed by atoms with Crippen LogP contribution in [0.25, 0.3) is 0 Å². The molecule has 20 heavy (non-hydrogen) atoms. The molecule has 110 valence electrons. The molecule has 2 N–H and O–H groups in total. The van der Waals surface area contributed by atoms with Gasteiger partial charge in [-0.05, 0) is 30.7 Å². The Hall–Kier alpha value is -1.55. The molecule has 0 bridgehead atoms. The summed E-state index contributed by atoms with van der Waals surface area (Å²) >= 11 is 0. The summed E-state index contributed by atoms with van der Waals surface area (Å²) in [4.78, 5) is 12.1. The van der Waals surface area contributed by atoms with E-state index in [1.165, 1.54) is 0 Å². The molecule has 0 fully saturated rings. The highest BCUT2D eigenvalue weighted by Crippen LogP contribution is 2.30. The Kier molecular flexibility index (Phi) is 5.01. The van der Waals surface area contributed by atoms with E-state index in [2.05, 4.69) is 30.5 Å².